The van der Waals surface area contributed by atoms with Gasteiger partial charge in [0.1, 0.15) is 12.4 Å². The Hall–Kier alpha value is -1.06. The minimum Gasteiger partial charge on any atom is -0.492 e. The summed E-state index contributed by atoms with van der Waals surface area (Å²) in [6.07, 6.45) is 1.36. The molecule has 1 aliphatic heterocycles. The molecule has 3 heteroatoms. The lowest BCUT2D eigenvalue weighted by molar-refractivity contribution is 0.120. The molecule has 1 aromatic carbocycles. The smallest absolute Gasteiger partial charge is 0.119 e. The maximum Gasteiger partial charge on any atom is 0.119 e. The summed E-state index contributed by atoms with van der Waals surface area (Å²) in [4.78, 5) is 2.54. The van der Waals surface area contributed by atoms with Gasteiger partial charge in [-0.1, -0.05) is 26.0 Å². The lowest BCUT2D eigenvalue weighted by atomic mass is 9.92. The molecule has 1 saturated heterocycles. The van der Waals surface area contributed by atoms with E-state index in [4.69, 9.17) is 4.74 Å². The summed E-state index contributed by atoms with van der Waals surface area (Å²) in [6.45, 7) is 9.84. The number of piperidine rings is 1. The second-order valence-corrected chi connectivity index (χ2v) is 6.23. The van der Waals surface area contributed by atoms with Gasteiger partial charge >= 0.3 is 0 Å². The van der Waals surface area contributed by atoms with Crippen LogP contribution in [-0.4, -0.2) is 38.2 Å². The fourth-order valence-electron chi connectivity index (χ4n) is 3.22. The molecule has 1 N–H and O–H groups in total. The highest BCUT2D eigenvalue weighted by Crippen LogP contribution is 2.20. The van der Waals surface area contributed by atoms with Crippen molar-refractivity contribution in [3.63, 3.8) is 0 Å². The molecule has 0 bridgehead atoms. The molecule has 2 rings (SSSR count). The van der Waals surface area contributed by atoms with Gasteiger partial charge in [-0.05, 0) is 43.0 Å². The molecular formula is C17H28N2O. The van der Waals surface area contributed by atoms with E-state index in [1.54, 1.807) is 0 Å². The van der Waals surface area contributed by atoms with Gasteiger partial charge in [0.05, 0.1) is 0 Å². The minimum atomic E-state index is 0.780. The summed E-state index contributed by atoms with van der Waals surface area (Å²) >= 11 is 0. The molecule has 0 spiro atoms. The van der Waals surface area contributed by atoms with Crippen LogP contribution in [0.1, 0.15) is 25.8 Å². The molecule has 0 radical (unpaired) electrons. The summed E-state index contributed by atoms with van der Waals surface area (Å²) in [5, 5.41) is 3.16. The zero-order valence-electron chi connectivity index (χ0n) is 13.1. The topological polar surface area (TPSA) is 24.5 Å². The first-order valence-corrected chi connectivity index (χ1v) is 7.76. The summed E-state index contributed by atoms with van der Waals surface area (Å²) < 4.78 is 5.90. The Morgan fingerprint density at radius 1 is 1.25 bits per heavy atom. The molecule has 1 heterocycles. The summed E-state index contributed by atoms with van der Waals surface area (Å²) in [5.41, 5.74) is 1.27. The van der Waals surface area contributed by atoms with Crippen LogP contribution in [-0.2, 0) is 6.54 Å². The Morgan fingerprint density at radius 2 is 2.00 bits per heavy atom. The third-order valence-electron chi connectivity index (χ3n) is 3.90. The molecule has 0 aliphatic carbocycles. The van der Waals surface area contributed by atoms with Gasteiger partial charge in [0, 0.05) is 26.2 Å². The van der Waals surface area contributed by atoms with Crippen LogP contribution in [0.15, 0.2) is 24.3 Å². The van der Waals surface area contributed by atoms with Crippen molar-refractivity contribution in [3.8, 4) is 5.75 Å². The van der Waals surface area contributed by atoms with Crippen LogP contribution in [0.5, 0.6) is 5.75 Å². The van der Waals surface area contributed by atoms with Gasteiger partial charge in [0.25, 0.3) is 0 Å². The standard InChI is InChI=1S/C17H28N2O/c1-14-9-15(2)13-19(12-14)7-8-20-17-6-4-5-16(10-17)11-18-3/h4-6,10,14-15,18H,7-9,11-13H2,1-3H3. The fourth-order valence-corrected chi connectivity index (χ4v) is 3.22. The SMILES string of the molecule is CNCc1cccc(OCCN2CC(C)CC(C)C2)c1. The molecule has 112 valence electrons. The fraction of sp³-hybridized carbons (Fsp3) is 0.647. The van der Waals surface area contributed by atoms with E-state index in [2.05, 4.69) is 42.3 Å². The first-order chi connectivity index (χ1) is 9.67. The molecule has 1 aliphatic rings. The van der Waals surface area contributed by atoms with Crippen molar-refractivity contribution in [2.75, 3.05) is 33.3 Å². The van der Waals surface area contributed by atoms with E-state index in [9.17, 15) is 0 Å². The van der Waals surface area contributed by atoms with Gasteiger partial charge < -0.3 is 10.1 Å². The number of benzene rings is 1. The molecule has 0 amide bonds. The number of hydrogen-bond donors (Lipinski definition) is 1. The van der Waals surface area contributed by atoms with Gasteiger partial charge in [-0.15, -0.1) is 0 Å². The molecule has 0 saturated carbocycles. The highest BCUT2D eigenvalue weighted by molar-refractivity contribution is 5.28. The van der Waals surface area contributed by atoms with Crippen molar-refractivity contribution < 1.29 is 4.74 Å². The third-order valence-corrected chi connectivity index (χ3v) is 3.90. The largest absolute Gasteiger partial charge is 0.492 e. The van der Waals surface area contributed by atoms with Crippen molar-refractivity contribution in [1.82, 2.24) is 10.2 Å². The predicted octanol–water partition coefficient (Wildman–Crippen LogP) is 2.76. The van der Waals surface area contributed by atoms with Gasteiger partial charge in [0.2, 0.25) is 0 Å². The molecule has 20 heavy (non-hydrogen) atoms. The van der Waals surface area contributed by atoms with E-state index in [0.29, 0.717) is 0 Å². The van der Waals surface area contributed by atoms with Crippen LogP contribution in [0.4, 0.5) is 0 Å². The number of nitrogens with one attached hydrogen (secondary N) is 1. The van der Waals surface area contributed by atoms with Crippen molar-refractivity contribution in [2.45, 2.75) is 26.8 Å². The van der Waals surface area contributed by atoms with Gasteiger partial charge in [-0.25, -0.2) is 0 Å². The molecule has 1 aromatic rings. The van der Waals surface area contributed by atoms with E-state index in [-0.39, 0.29) is 0 Å². The number of ether oxygens (including phenoxy) is 1. The lowest BCUT2D eigenvalue weighted by Gasteiger charge is -2.34. The summed E-state index contributed by atoms with van der Waals surface area (Å²) in [7, 11) is 1.96. The zero-order chi connectivity index (χ0) is 14.4. The maximum absolute atomic E-state index is 5.90. The predicted molar refractivity (Wildman–Crippen MR) is 84.1 cm³/mol. The summed E-state index contributed by atoms with van der Waals surface area (Å²) in [5.74, 6) is 2.62. The van der Waals surface area contributed by atoms with E-state index in [1.165, 1.54) is 25.1 Å². The van der Waals surface area contributed by atoms with Crippen LogP contribution in [0, 0.1) is 11.8 Å². The molecular weight excluding hydrogens is 248 g/mol. The normalized spacial score (nSPS) is 23.8. The Labute approximate surface area is 123 Å². The van der Waals surface area contributed by atoms with Crippen molar-refractivity contribution in [2.24, 2.45) is 11.8 Å². The molecule has 2 unspecified atom stereocenters. The zero-order valence-corrected chi connectivity index (χ0v) is 13.1. The Balaban J connectivity index is 1.76. The van der Waals surface area contributed by atoms with Crippen LogP contribution >= 0.6 is 0 Å². The number of rotatable bonds is 6. The van der Waals surface area contributed by atoms with Crippen LogP contribution in [0.3, 0.4) is 0 Å². The quantitative estimate of drug-likeness (QED) is 0.864. The van der Waals surface area contributed by atoms with E-state index < -0.39 is 0 Å². The molecule has 0 aromatic heterocycles. The lowest BCUT2D eigenvalue weighted by Crippen LogP contribution is -2.40. The second-order valence-electron chi connectivity index (χ2n) is 6.23. The maximum atomic E-state index is 5.90. The highest BCUT2D eigenvalue weighted by atomic mass is 16.5. The monoisotopic (exact) mass is 276 g/mol. The average molecular weight is 276 g/mol. The van der Waals surface area contributed by atoms with Crippen LogP contribution in [0.25, 0.3) is 0 Å². The first-order valence-electron chi connectivity index (χ1n) is 7.76. The Kier molecular flexibility index (Phi) is 5.86. The third kappa shape index (κ3) is 4.80. The number of hydrogen-bond acceptors (Lipinski definition) is 3. The van der Waals surface area contributed by atoms with Crippen LogP contribution in [0.2, 0.25) is 0 Å². The molecule has 3 nitrogen and oxygen atoms in total. The Morgan fingerprint density at radius 3 is 2.70 bits per heavy atom. The highest BCUT2D eigenvalue weighted by Gasteiger charge is 2.21. The Bertz CT molecular complexity index is 398. The van der Waals surface area contributed by atoms with Crippen molar-refractivity contribution >= 4 is 0 Å². The molecule has 2 atom stereocenters. The van der Waals surface area contributed by atoms with E-state index in [1.807, 2.05) is 13.1 Å². The van der Waals surface area contributed by atoms with Gasteiger partial charge in [-0.3, -0.25) is 4.90 Å². The van der Waals surface area contributed by atoms with Crippen LogP contribution < -0.4 is 10.1 Å². The second kappa shape index (κ2) is 7.65. The number of nitrogens with zero attached hydrogens (tertiary/aromatic N) is 1. The average Bonchev–Trinajstić information content (AvgIpc) is 2.38. The summed E-state index contributed by atoms with van der Waals surface area (Å²) in [6, 6.07) is 8.35. The first kappa shape index (κ1) is 15.3. The van der Waals surface area contributed by atoms with Gasteiger partial charge in [0.15, 0.2) is 0 Å². The van der Waals surface area contributed by atoms with E-state index in [0.717, 1.165) is 37.3 Å². The molecule has 1 fully saturated rings. The van der Waals surface area contributed by atoms with Gasteiger partial charge in [-0.2, -0.15) is 0 Å². The minimum absolute atomic E-state index is 0.780. The van der Waals surface area contributed by atoms with Crippen molar-refractivity contribution in [3.05, 3.63) is 29.8 Å². The van der Waals surface area contributed by atoms with Crippen molar-refractivity contribution in [1.29, 1.82) is 0 Å². The number of likely N-dealkylation sites (tertiary alicyclic amines) is 1. The van der Waals surface area contributed by atoms with E-state index >= 15 is 0 Å².